The first-order chi connectivity index (χ1) is 8.86. The van der Waals surface area contributed by atoms with Crippen LogP contribution in [0.2, 0.25) is 0 Å². The summed E-state index contributed by atoms with van der Waals surface area (Å²) >= 11 is 0. The van der Waals surface area contributed by atoms with E-state index < -0.39 is 0 Å². The van der Waals surface area contributed by atoms with Gasteiger partial charge in [-0.25, -0.2) is 4.39 Å². The first-order valence-electron chi connectivity index (χ1n) is 5.96. The van der Waals surface area contributed by atoms with Crippen LogP contribution < -0.4 is 5.32 Å². The lowest BCUT2D eigenvalue weighted by Crippen LogP contribution is -2.09. The first kappa shape index (κ1) is 12.6. The zero-order chi connectivity index (χ0) is 12.6. The molecule has 0 saturated carbocycles. The number of nitrogens with one attached hydrogen (secondary N) is 1. The molecule has 0 aromatic heterocycles. The van der Waals surface area contributed by atoms with Crippen LogP contribution in [0.4, 0.5) is 10.1 Å². The van der Waals surface area contributed by atoms with Gasteiger partial charge in [0.1, 0.15) is 5.82 Å². The van der Waals surface area contributed by atoms with Crippen molar-refractivity contribution in [2.24, 2.45) is 0 Å². The van der Waals surface area contributed by atoms with Crippen molar-refractivity contribution in [3.63, 3.8) is 0 Å². The summed E-state index contributed by atoms with van der Waals surface area (Å²) in [5, 5.41) is 3.23. The second-order valence-corrected chi connectivity index (χ2v) is 3.94. The van der Waals surface area contributed by atoms with Gasteiger partial charge in [-0.1, -0.05) is 36.4 Å². The maximum atomic E-state index is 13.3. The molecule has 0 radical (unpaired) electrons. The second-order valence-electron chi connectivity index (χ2n) is 3.94. The number of anilines is 1. The average molecular weight is 245 g/mol. The Bertz CT molecular complexity index is 473. The predicted octanol–water partition coefficient (Wildman–Crippen LogP) is 3.45. The molecule has 1 N–H and O–H groups in total. The quantitative estimate of drug-likeness (QED) is 0.787. The van der Waals surface area contributed by atoms with E-state index in [1.807, 2.05) is 36.4 Å². The van der Waals surface area contributed by atoms with Crippen LogP contribution in [-0.2, 0) is 11.3 Å². The van der Waals surface area contributed by atoms with Crippen LogP contribution in [0.1, 0.15) is 5.56 Å². The molecule has 94 valence electrons. The zero-order valence-electron chi connectivity index (χ0n) is 10.1. The first-order valence-corrected chi connectivity index (χ1v) is 5.96. The van der Waals surface area contributed by atoms with Crippen molar-refractivity contribution in [1.82, 2.24) is 0 Å². The van der Waals surface area contributed by atoms with Crippen LogP contribution in [0.25, 0.3) is 0 Å². The maximum absolute atomic E-state index is 13.3. The lowest BCUT2D eigenvalue weighted by molar-refractivity contribution is 0.128. The molecule has 0 aliphatic rings. The van der Waals surface area contributed by atoms with Crippen molar-refractivity contribution in [2.75, 3.05) is 18.5 Å². The van der Waals surface area contributed by atoms with Gasteiger partial charge in [-0.3, -0.25) is 0 Å². The van der Waals surface area contributed by atoms with Gasteiger partial charge in [-0.15, -0.1) is 0 Å². The summed E-state index contributed by atoms with van der Waals surface area (Å²) in [6.07, 6.45) is 0. The number of halogens is 1. The molecule has 18 heavy (non-hydrogen) atoms. The molecule has 0 spiro atoms. The Morgan fingerprint density at radius 1 is 0.944 bits per heavy atom. The Hall–Kier alpha value is -1.87. The van der Waals surface area contributed by atoms with E-state index in [2.05, 4.69) is 5.32 Å². The average Bonchev–Trinajstić information content (AvgIpc) is 2.42. The Labute approximate surface area is 106 Å². The third kappa shape index (κ3) is 3.86. The van der Waals surface area contributed by atoms with Crippen molar-refractivity contribution in [1.29, 1.82) is 0 Å². The fourth-order valence-electron chi connectivity index (χ4n) is 1.62. The van der Waals surface area contributed by atoms with E-state index >= 15 is 0 Å². The Kier molecular flexibility index (Phi) is 4.73. The van der Waals surface area contributed by atoms with E-state index in [4.69, 9.17) is 4.74 Å². The highest BCUT2D eigenvalue weighted by molar-refractivity contribution is 5.42. The molecule has 0 amide bonds. The molecule has 0 aliphatic carbocycles. The van der Waals surface area contributed by atoms with E-state index in [1.54, 1.807) is 12.1 Å². The van der Waals surface area contributed by atoms with Gasteiger partial charge in [0, 0.05) is 17.8 Å². The molecule has 0 fully saturated rings. The van der Waals surface area contributed by atoms with E-state index in [1.165, 1.54) is 6.07 Å². The van der Waals surface area contributed by atoms with Crippen LogP contribution in [0.3, 0.4) is 0 Å². The number of ether oxygens (including phenoxy) is 1. The summed E-state index contributed by atoms with van der Waals surface area (Å²) in [5.74, 6) is -0.214. The van der Waals surface area contributed by atoms with Gasteiger partial charge in [0.15, 0.2) is 0 Å². The molecule has 2 aromatic carbocycles. The highest BCUT2D eigenvalue weighted by atomic mass is 19.1. The molecule has 0 saturated heterocycles. The summed E-state index contributed by atoms with van der Waals surface area (Å²) < 4.78 is 18.7. The normalized spacial score (nSPS) is 10.3. The standard InChI is InChI=1S/C15H16FNO/c16-15-9-5-4-6-13(15)12-18-11-10-17-14-7-2-1-3-8-14/h1-9,17H,10-12H2. The van der Waals surface area contributed by atoms with Crippen LogP contribution in [0, 0.1) is 5.82 Å². The third-order valence-electron chi connectivity index (χ3n) is 2.56. The summed E-state index contributed by atoms with van der Waals surface area (Å²) in [5.41, 5.74) is 1.66. The number of rotatable bonds is 6. The number of hydrogen-bond acceptors (Lipinski definition) is 2. The van der Waals surface area contributed by atoms with Crippen molar-refractivity contribution >= 4 is 5.69 Å². The summed E-state index contributed by atoms with van der Waals surface area (Å²) in [4.78, 5) is 0. The van der Waals surface area contributed by atoms with E-state index in [0.29, 0.717) is 25.3 Å². The van der Waals surface area contributed by atoms with Gasteiger partial charge in [0.05, 0.1) is 13.2 Å². The third-order valence-corrected chi connectivity index (χ3v) is 2.56. The lowest BCUT2D eigenvalue weighted by atomic mass is 10.2. The van der Waals surface area contributed by atoms with Gasteiger partial charge in [0.25, 0.3) is 0 Å². The summed E-state index contributed by atoms with van der Waals surface area (Å²) in [7, 11) is 0. The summed E-state index contributed by atoms with van der Waals surface area (Å²) in [6.45, 7) is 1.56. The maximum Gasteiger partial charge on any atom is 0.128 e. The molecule has 0 heterocycles. The molecule has 2 nitrogen and oxygen atoms in total. The molecule has 0 unspecified atom stereocenters. The fraction of sp³-hybridized carbons (Fsp3) is 0.200. The topological polar surface area (TPSA) is 21.3 Å². The van der Waals surface area contributed by atoms with Gasteiger partial charge >= 0.3 is 0 Å². The van der Waals surface area contributed by atoms with E-state index in [-0.39, 0.29) is 5.82 Å². The SMILES string of the molecule is Fc1ccccc1COCCNc1ccccc1. The van der Waals surface area contributed by atoms with Crippen molar-refractivity contribution in [2.45, 2.75) is 6.61 Å². The number of para-hydroxylation sites is 1. The van der Waals surface area contributed by atoms with Crippen molar-refractivity contribution in [3.8, 4) is 0 Å². The minimum atomic E-state index is -0.214. The number of benzene rings is 2. The highest BCUT2D eigenvalue weighted by Gasteiger charge is 1.99. The van der Waals surface area contributed by atoms with Gasteiger partial charge < -0.3 is 10.1 Å². The Balaban J connectivity index is 1.66. The molecular formula is C15H16FNO. The van der Waals surface area contributed by atoms with Crippen LogP contribution in [0.5, 0.6) is 0 Å². The summed E-state index contributed by atoms with van der Waals surface area (Å²) in [6, 6.07) is 16.6. The van der Waals surface area contributed by atoms with Crippen molar-refractivity contribution < 1.29 is 9.13 Å². The fourth-order valence-corrected chi connectivity index (χ4v) is 1.62. The van der Waals surface area contributed by atoms with E-state index in [9.17, 15) is 4.39 Å². The molecule has 2 aromatic rings. The van der Waals surface area contributed by atoms with Gasteiger partial charge in [-0.2, -0.15) is 0 Å². The van der Waals surface area contributed by atoms with Crippen LogP contribution in [-0.4, -0.2) is 13.2 Å². The smallest absolute Gasteiger partial charge is 0.128 e. The monoisotopic (exact) mass is 245 g/mol. The number of hydrogen-bond donors (Lipinski definition) is 1. The minimum absolute atomic E-state index is 0.214. The van der Waals surface area contributed by atoms with Gasteiger partial charge in [-0.05, 0) is 18.2 Å². The predicted molar refractivity (Wildman–Crippen MR) is 71.0 cm³/mol. The molecule has 3 heteroatoms. The van der Waals surface area contributed by atoms with Crippen molar-refractivity contribution in [3.05, 3.63) is 66.0 Å². The lowest BCUT2D eigenvalue weighted by Gasteiger charge is -2.07. The zero-order valence-corrected chi connectivity index (χ0v) is 10.1. The Morgan fingerprint density at radius 3 is 2.44 bits per heavy atom. The van der Waals surface area contributed by atoms with Gasteiger partial charge in [0.2, 0.25) is 0 Å². The molecule has 2 rings (SSSR count). The van der Waals surface area contributed by atoms with Crippen LogP contribution >= 0.6 is 0 Å². The largest absolute Gasteiger partial charge is 0.383 e. The molecule has 0 bridgehead atoms. The Morgan fingerprint density at radius 2 is 1.67 bits per heavy atom. The molecular weight excluding hydrogens is 229 g/mol. The van der Waals surface area contributed by atoms with Crippen LogP contribution in [0.15, 0.2) is 54.6 Å². The molecule has 0 aliphatic heterocycles. The minimum Gasteiger partial charge on any atom is -0.383 e. The van der Waals surface area contributed by atoms with E-state index in [0.717, 1.165) is 5.69 Å². The second kappa shape index (κ2) is 6.77. The highest BCUT2D eigenvalue weighted by Crippen LogP contribution is 2.08. The molecule has 0 atom stereocenters.